The predicted octanol–water partition coefficient (Wildman–Crippen LogP) is 1.37. The number of anilines is 1. The van der Waals surface area contributed by atoms with E-state index in [0.29, 0.717) is 18.7 Å². The molecule has 0 N–H and O–H groups in total. The zero-order valence-corrected chi connectivity index (χ0v) is 8.30. The average Bonchev–Trinajstić information content (AvgIpc) is 2.45. The van der Waals surface area contributed by atoms with Crippen LogP contribution >= 0.6 is 0 Å². The Kier molecular flexibility index (Phi) is 2.19. The van der Waals surface area contributed by atoms with E-state index in [4.69, 9.17) is 0 Å². The third-order valence-electron chi connectivity index (χ3n) is 2.20. The second-order valence-corrected chi connectivity index (χ2v) is 5.23. The quantitative estimate of drug-likeness (QED) is 0.709. The standard InChI is InChI=1S/C9H10FNO2S/c10-8-3-1-4-9(7-8)11-5-2-6-14(11,12)13/h1,3-4,7H,2,5-6H2. The van der Waals surface area contributed by atoms with Crippen LogP contribution in [0, 0.1) is 5.82 Å². The van der Waals surface area contributed by atoms with E-state index in [0.717, 1.165) is 0 Å². The zero-order chi connectivity index (χ0) is 10.2. The topological polar surface area (TPSA) is 37.4 Å². The van der Waals surface area contributed by atoms with Crippen LogP contribution in [-0.4, -0.2) is 20.7 Å². The van der Waals surface area contributed by atoms with Crippen LogP contribution in [0.15, 0.2) is 24.3 Å². The molecular weight excluding hydrogens is 205 g/mol. The number of hydrogen-bond acceptors (Lipinski definition) is 2. The van der Waals surface area contributed by atoms with Gasteiger partial charge in [-0.3, -0.25) is 4.31 Å². The summed E-state index contributed by atoms with van der Waals surface area (Å²) in [6.07, 6.45) is 0.610. The third-order valence-corrected chi connectivity index (χ3v) is 4.07. The first kappa shape index (κ1) is 9.45. The summed E-state index contributed by atoms with van der Waals surface area (Å²) in [7, 11) is -3.19. The molecule has 1 heterocycles. The molecule has 0 amide bonds. The number of benzene rings is 1. The third kappa shape index (κ3) is 1.59. The molecule has 1 aromatic carbocycles. The molecule has 1 saturated heterocycles. The van der Waals surface area contributed by atoms with Gasteiger partial charge >= 0.3 is 0 Å². The first-order valence-corrected chi connectivity index (χ1v) is 5.96. The SMILES string of the molecule is O=S1(=O)CCCN1c1cccc(F)c1. The minimum atomic E-state index is -3.19. The lowest BCUT2D eigenvalue weighted by atomic mass is 10.3. The van der Waals surface area contributed by atoms with Gasteiger partial charge in [0.1, 0.15) is 5.82 Å². The summed E-state index contributed by atoms with van der Waals surface area (Å²) in [6.45, 7) is 0.450. The van der Waals surface area contributed by atoms with Crippen LogP contribution in [0.3, 0.4) is 0 Å². The van der Waals surface area contributed by atoms with E-state index in [9.17, 15) is 12.8 Å². The monoisotopic (exact) mass is 215 g/mol. The second kappa shape index (κ2) is 3.24. The lowest BCUT2D eigenvalue weighted by Crippen LogP contribution is -2.25. The normalized spacial score (nSPS) is 19.9. The summed E-state index contributed by atoms with van der Waals surface area (Å²) < 4.78 is 37.1. The van der Waals surface area contributed by atoms with Gasteiger partial charge in [-0.2, -0.15) is 0 Å². The van der Waals surface area contributed by atoms with E-state index in [1.165, 1.54) is 22.5 Å². The van der Waals surface area contributed by atoms with Gasteiger partial charge < -0.3 is 0 Å². The molecule has 0 atom stereocenters. The van der Waals surface area contributed by atoms with Crippen LogP contribution in [0.5, 0.6) is 0 Å². The Labute approximate surface area is 82.2 Å². The molecule has 76 valence electrons. The Bertz CT molecular complexity index is 444. The summed E-state index contributed by atoms with van der Waals surface area (Å²) >= 11 is 0. The van der Waals surface area contributed by atoms with Crippen molar-refractivity contribution in [3.8, 4) is 0 Å². The Morgan fingerprint density at radius 1 is 1.36 bits per heavy atom. The molecule has 1 aliphatic heterocycles. The van der Waals surface area contributed by atoms with Gasteiger partial charge in [-0.15, -0.1) is 0 Å². The first-order valence-electron chi connectivity index (χ1n) is 4.35. The molecule has 0 spiro atoms. The van der Waals surface area contributed by atoms with Crippen LogP contribution in [0.4, 0.5) is 10.1 Å². The molecule has 0 radical (unpaired) electrons. The van der Waals surface area contributed by atoms with Crippen molar-refractivity contribution in [1.82, 2.24) is 0 Å². The minimum Gasteiger partial charge on any atom is -0.270 e. The van der Waals surface area contributed by atoms with E-state index in [1.54, 1.807) is 6.07 Å². The number of sulfonamides is 1. The molecule has 1 fully saturated rings. The molecule has 14 heavy (non-hydrogen) atoms. The summed E-state index contributed by atoms with van der Waals surface area (Å²) in [5, 5.41) is 0. The van der Waals surface area contributed by atoms with Crippen molar-refractivity contribution in [1.29, 1.82) is 0 Å². The second-order valence-electron chi connectivity index (χ2n) is 3.22. The van der Waals surface area contributed by atoms with Crippen molar-refractivity contribution in [2.24, 2.45) is 0 Å². The van der Waals surface area contributed by atoms with Crippen LogP contribution in [0.25, 0.3) is 0 Å². The van der Waals surface area contributed by atoms with E-state index in [2.05, 4.69) is 0 Å². The summed E-state index contributed by atoms with van der Waals surface area (Å²) in [5.74, 6) is -0.256. The highest BCUT2D eigenvalue weighted by atomic mass is 32.2. The van der Waals surface area contributed by atoms with Crippen molar-refractivity contribution < 1.29 is 12.8 Å². The van der Waals surface area contributed by atoms with Crippen molar-refractivity contribution in [3.63, 3.8) is 0 Å². The van der Waals surface area contributed by atoms with Crippen molar-refractivity contribution in [2.75, 3.05) is 16.6 Å². The van der Waals surface area contributed by atoms with Crippen molar-refractivity contribution in [3.05, 3.63) is 30.1 Å². The molecule has 0 aromatic heterocycles. The Morgan fingerprint density at radius 3 is 2.71 bits per heavy atom. The van der Waals surface area contributed by atoms with Crippen LogP contribution in [-0.2, 0) is 10.0 Å². The molecule has 1 aliphatic rings. The predicted molar refractivity (Wildman–Crippen MR) is 52.1 cm³/mol. The van der Waals surface area contributed by atoms with Gasteiger partial charge in [0, 0.05) is 6.54 Å². The fraction of sp³-hybridized carbons (Fsp3) is 0.333. The number of hydrogen-bond donors (Lipinski definition) is 0. The van der Waals surface area contributed by atoms with Crippen LogP contribution < -0.4 is 4.31 Å². The maximum atomic E-state index is 12.9. The van der Waals surface area contributed by atoms with E-state index >= 15 is 0 Å². The number of nitrogens with zero attached hydrogens (tertiary/aromatic N) is 1. The van der Waals surface area contributed by atoms with Crippen LogP contribution in [0.2, 0.25) is 0 Å². The highest BCUT2D eigenvalue weighted by Crippen LogP contribution is 2.23. The maximum Gasteiger partial charge on any atom is 0.235 e. The van der Waals surface area contributed by atoms with E-state index < -0.39 is 15.8 Å². The van der Waals surface area contributed by atoms with E-state index in [1.807, 2.05) is 0 Å². The highest BCUT2D eigenvalue weighted by molar-refractivity contribution is 7.93. The Morgan fingerprint density at radius 2 is 2.14 bits per heavy atom. The molecule has 3 nitrogen and oxygen atoms in total. The number of rotatable bonds is 1. The largest absolute Gasteiger partial charge is 0.270 e. The summed E-state index contributed by atoms with van der Waals surface area (Å²) in [4.78, 5) is 0. The number of halogens is 1. The molecule has 5 heteroatoms. The van der Waals surface area contributed by atoms with Gasteiger partial charge in [0.05, 0.1) is 11.4 Å². The average molecular weight is 215 g/mol. The fourth-order valence-electron chi connectivity index (χ4n) is 1.56. The Balaban J connectivity index is 2.41. The van der Waals surface area contributed by atoms with Crippen molar-refractivity contribution >= 4 is 15.7 Å². The van der Waals surface area contributed by atoms with Gasteiger partial charge in [0.15, 0.2) is 0 Å². The van der Waals surface area contributed by atoms with Crippen molar-refractivity contribution in [2.45, 2.75) is 6.42 Å². The molecule has 0 unspecified atom stereocenters. The first-order chi connectivity index (χ1) is 6.59. The lowest BCUT2D eigenvalue weighted by Gasteiger charge is -2.16. The van der Waals surface area contributed by atoms with Gasteiger partial charge in [-0.1, -0.05) is 6.07 Å². The summed E-state index contributed by atoms with van der Waals surface area (Å²) in [6, 6.07) is 5.65. The molecule has 0 saturated carbocycles. The Hall–Kier alpha value is -1.10. The van der Waals surface area contributed by atoms with Gasteiger partial charge in [-0.25, -0.2) is 12.8 Å². The molecule has 2 rings (SSSR count). The smallest absolute Gasteiger partial charge is 0.235 e. The molecular formula is C9H10FNO2S. The minimum absolute atomic E-state index is 0.156. The molecule has 1 aromatic rings. The van der Waals surface area contributed by atoms with Gasteiger partial charge in [0.25, 0.3) is 0 Å². The fourth-order valence-corrected chi connectivity index (χ4v) is 3.12. The lowest BCUT2D eigenvalue weighted by molar-refractivity contribution is 0.599. The highest BCUT2D eigenvalue weighted by Gasteiger charge is 2.28. The maximum absolute atomic E-state index is 12.9. The van der Waals surface area contributed by atoms with E-state index in [-0.39, 0.29) is 5.75 Å². The van der Waals surface area contributed by atoms with Gasteiger partial charge in [0.2, 0.25) is 10.0 Å². The molecule has 0 bridgehead atoms. The summed E-state index contributed by atoms with van der Waals surface area (Å²) in [5.41, 5.74) is 0.419. The molecule has 0 aliphatic carbocycles. The van der Waals surface area contributed by atoms with Gasteiger partial charge in [-0.05, 0) is 24.6 Å². The van der Waals surface area contributed by atoms with Crippen LogP contribution in [0.1, 0.15) is 6.42 Å². The zero-order valence-electron chi connectivity index (χ0n) is 7.48.